The van der Waals surface area contributed by atoms with E-state index in [1.165, 1.54) is 18.3 Å². The third-order valence-corrected chi connectivity index (χ3v) is 3.30. The van der Waals surface area contributed by atoms with Gasteiger partial charge in [-0.3, -0.25) is 0 Å². The highest BCUT2D eigenvalue weighted by Gasteiger charge is 2.30. The molecule has 0 aliphatic carbocycles. The van der Waals surface area contributed by atoms with Crippen molar-refractivity contribution in [3.63, 3.8) is 0 Å². The fourth-order valence-electron chi connectivity index (χ4n) is 1.86. The van der Waals surface area contributed by atoms with Crippen LogP contribution in [-0.4, -0.2) is 15.1 Å². The van der Waals surface area contributed by atoms with E-state index in [9.17, 15) is 13.2 Å². The first-order valence-corrected chi connectivity index (χ1v) is 7.05. The van der Waals surface area contributed by atoms with Crippen LogP contribution in [0.2, 0.25) is 5.15 Å². The van der Waals surface area contributed by atoms with Gasteiger partial charge in [-0.2, -0.15) is 18.2 Å². The number of aromatic nitrogens is 3. The average Bonchev–Trinajstić information content (AvgIpc) is 3.02. The van der Waals surface area contributed by atoms with Gasteiger partial charge in [-0.25, -0.2) is 4.98 Å². The van der Waals surface area contributed by atoms with E-state index >= 15 is 0 Å². The molecule has 0 aliphatic heterocycles. The first kappa shape index (κ1) is 16.3. The van der Waals surface area contributed by atoms with Crippen molar-refractivity contribution in [2.24, 2.45) is 0 Å². The van der Waals surface area contributed by atoms with Crippen molar-refractivity contribution >= 4 is 11.6 Å². The number of nitrogens with zero attached hydrogens (tertiary/aromatic N) is 3. The Morgan fingerprint density at radius 2 is 1.88 bits per heavy atom. The van der Waals surface area contributed by atoms with Crippen LogP contribution in [0.1, 0.15) is 11.5 Å². The predicted octanol–water partition coefficient (Wildman–Crippen LogP) is 4.38. The minimum Gasteiger partial charge on any atom is -0.481 e. The summed E-state index contributed by atoms with van der Waals surface area (Å²) in [6.07, 6.45) is -2.87. The van der Waals surface area contributed by atoms with E-state index in [1.54, 1.807) is 12.1 Å². The molecule has 0 amide bonds. The Morgan fingerprint density at radius 3 is 2.54 bits per heavy atom. The predicted molar refractivity (Wildman–Crippen MR) is 78.3 cm³/mol. The number of pyridine rings is 1. The first-order chi connectivity index (χ1) is 11.4. The molecule has 0 aliphatic rings. The number of hydrogen-bond acceptors (Lipinski definition) is 5. The Bertz CT molecular complexity index is 834. The molecule has 0 fully saturated rings. The normalized spacial score (nSPS) is 11.5. The molecule has 0 bridgehead atoms. The van der Waals surface area contributed by atoms with Crippen LogP contribution in [0.25, 0.3) is 11.4 Å². The quantitative estimate of drug-likeness (QED) is 0.650. The van der Waals surface area contributed by atoms with E-state index < -0.39 is 11.7 Å². The molecule has 1 aromatic carbocycles. The zero-order valence-electron chi connectivity index (χ0n) is 11.9. The fraction of sp³-hybridized carbons (Fsp3) is 0.133. The van der Waals surface area contributed by atoms with Crippen LogP contribution in [0.4, 0.5) is 13.2 Å². The molecule has 2 aromatic heterocycles. The van der Waals surface area contributed by atoms with Crippen LogP contribution < -0.4 is 4.74 Å². The molecule has 0 saturated heterocycles. The summed E-state index contributed by atoms with van der Waals surface area (Å²) in [5.74, 6) is 0.679. The van der Waals surface area contributed by atoms with E-state index in [-0.39, 0.29) is 23.5 Å². The highest BCUT2D eigenvalue weighted by molar-refractivity contribution is 6.30. The molecule has 5 nitrogen and oxygen atoms in total. The zero-order valence-corrected chi connectivity index (χ0v) is 12.7. The van der Waals surface area contributed by atoms with E-state index in [0.29, 0.717) is 11.3 Å². The average molecular weight is 356 g/mol. The highest BCUT2D eigenvalue weighted by atomic mass is 35.5. The fourth-order valence-corrected chi connectivity index (χ4v) is 2.03. The van der Waals surface area contributed by atoms with Crippen LogP contribution in [-0.2, 0) is 12.8 Å². The van der Waals surface area contributed by atoms with Gasteiger partial charge in [-0.1, -0.05) is 28.9 Å². The van der Waals surface area contributed by atoms with Gasteiger partial charge in [0.05, 0.1) is 5.56 Å². The third-order valence-electron chi connectivity index (χ3n) is 3.01. The van der Waals surface area contributed by atoms with Gasteiger partial charge in [-0.15, -0.1) is 0 Å². The lowest BCUT2D eigenvalue weighted by atomic mass is 10.1. The maximum absolute atomic E-state index is 12.5. The molecule has 0 N–H and O–H groups in total. The van der Waals surface area contributed by atoms with Gasteiger partial charge < -0.3 is 9.26 Å². The van der Waals surface area contributed by atoms with Gasteiger partial charge in [0.25, 0.3) is 5.89 Å². The lowest BCUT2D eigenvalue weighted by molar-refractivity contribution is -0.137. The molecule has 2 heterocycles. The third kappa shape index (κ3) is 3.65. The maximum atomic E-state index is 12.5. The second-order valence-corrected chi connectivity index (χ2v) is 5.03. The number of rotatable bonds is 4. The van der Waals surface area contributed by atoms with Crippen molar-refractivity contribution < 1.29 is 22.4 Å². The topological polar surface area (TPSA) is 61.0 Å². The van der Waals surface area contributed by atoms with Gasteiger partial charge in [0, 0.05) is 11.8 Å². The van der Waals surface area contributed by atoms with E-state index in [4.69, 9.17) is 20.9 Å². The van der Waals surface area contributed by atoms with Crippen molar-refractivity contribution in [2.45, 2.75) is 12.8 Å². The highest BCUT2D eigenvalue weighted by Crippen LogP contribution is 2.30. The Kier molecular flexibility index (Phi) is 4.39. The molecule has 0 saturated carbocycles. The second kappa shape index (κ2) is 6.48. The molecule has 3 rings (SSSR count). The molecule has 0 unspecified atom stereocenters. The monoisotopic (exact) mass is 355 g/mol. The summed E-state index contributed by atoms with van der Waals surface area (Å²) in [5, 5.41) is 3.91. The van der Waals surface area contributed by atoms with Crippen molar-refractivity contribution in [3.8, 4) is 17.1 Å². The molecule has 0 radical (unpaired) electrons. The summed E-state index contributed by atoms with van der Waals surface area (Å²) in [5.41, 5.74) is -0.345. The largest absolute Gasteiger partial charge is 0.481 e. The Balaban J connectivity index is 1.70. The number of halogens is 4. The first-order valence-electron chi connectivity index (χ1n) is 6.67. The van der Waals surface area contributed by atoms with Gasteiger partial charge >= 0.3 is 6.18 Å². The van der Waals surface area contributed by atoms with E-state index in [0.717, 1.165) is 12.1 Å². The van der Waals surface area contributed by atoms with Crippen LogP contribution in [0.5, 0.6) is 5.75 Å². The van der Waals surface area contributed by atoms with Gasteiger partial charge in [0.2, 0.25) is 5.82 Å². The van der Waals surface area contributed by atoms with Crippen molar-refractivity contribution in [1.82, 2.24) is 15.1 Å². The zero-order chi connectivity index (χ0) is 17.2. The molecule has 24 heavy (non-hydrogen) atoms. The number of benzene rings is 1. The van der Waals surface area contributed by atoms with Gasteiger partial charge in [0.15, 0.2) is 17.5 Å². The van der Waals surface area contributed by atoms with Crippen molar-refractivity contribution in [1.29, 1.82) is 0 Å². The van der Waals surface area contributed by atoms with E-state index in [2.05, 4.69) is 15.1 Å². The summed E-state index contributed by atoms with van der Waals surface area (Å²) in [6, 6.07) is 7.74. The number of ether oxygens (including phenoxy) is 1. The molecule has 3 aromatic rings. The molecular weight excluding hydrogens is 347 g/mol. The summed E-state index contributed by atoms with van der Waals surface area (Å²) in [7, 11) is 0. The Morgan fingerprint density at radius 1 is 1.12 bits per heavy atom. The second-order valence-electron chi connectivity index (χ2n) is 4.67. The molecule has 124 valence electrons. The van der Waals surface area contributed by atoms with E-state index in [1.807, 2.05) is 0 Å². The number of hydrogen-bond donors (Lipinski definition) is 0. The minimum absolute atomic E-state index is 0.0426. The van der Waals surface area contributed by atoms with Crippen molar-refractivity contribution in [3.05, 3.63) is 59.2 Å². The summed E-state index contributed by atoms with van der Waals surface area (Å²) in [4.78, 5) is 7.92. The van der Waals surface area contributed by atoms with Crippen LogP contribution >= 0.6 is 11.6 Å². The molecule has 0 atom stereocenters. The Labute approximate surface area is 139 Å². The molecule has 9 heteroatoms. The van der Waals surface area contributed by atoms with Gasteiger partial charge in [0.1, 0.15) is 0 Å². The SMILES string of the molecule is FC(F)(F)c1ccc(-c2noc(COc3cccnc3Cl)n2)cc1. The molecular formula is C15H9ClF3N3O2. The number of alkyl halides is 3. The standard InChI is InChI=1S/C15H9ClF3N3O2/c16-13-11(2-1-7-20-13)23-8-12-21-14(22-24-12)9-3-5-10(6-4-9)15(17,18)19/h1-7H,8H2. The van der Waals surface area contributed by atoms with Gasteiger partial charge in [-0.05, 0) is 24.3 Å². The van der Waals surface area contributed by atoms with Crippen LogP contribution in [0.15, 0.2) is 47.1 Å². The van der Waals surface area contributed by atoms with Crippen LogP contribution in [0, 0.1) is 0 Å². The minimum atomic E-state index is -4.39. The summed E-state index contributed by atoms with van der Waals surface area (Å²) >= 11 is 5.85. The maximum Gasteiger partial charge on any atom is 0.416 e. The Hall–Kier alpha value is -2.61. The lowest BCUT2D eigenvalue weighted by Gasteiger charge is -2.05. The van der Waals surface area contributed by atoms with Crippen LogP contribution in [0.3, 0.4) is 0 Å². The lowest BCUT2D eigenvalue weighted by Crippen LogP contribution is -2.04. The molecule has 0 spiro atoms. The summed E-state index contributed by atoms with van der Waals surface area (Å²) in [6.45, 7) is -0.0426. The van der Waals surface area contributed by atoms with Crippen molar-refractivity contribution in [2.75, 3.05) is 0 Å². The smallest absolute Gasteiger partial charge is 0.416 e. The summed E-state index contributed by atoms with van der Waals surface area (Å²) < 4.78 is 48.0.